The summed E-state index contributed by atoms with van der Waals surface area (Å²) in [6.07, 6.45) is 2.60. The molecule has 6 heteroatoms. The van der Waals surface area contributed by atoms with Crippen LogP contribution in [-0.2, 0) is 4.79 Å². The summed E-state index contributed by atoms with van der Waals surface area (Å²) in [4.78, 5) is 22.5. The lowest BCUT2D eigenvalue weighted by Gasteiger charge is -2.16. The average molecular weight is 254 g/mol. The summed E-state index contributed by atoms with van der Waals surface area (Å²) in [5.74, 6) is -0.412. The Morgan fingerprint density at radius 2 is 2.17 bits per heavy atom. The first-order valence-electron chi connectivity index (χ1n) is 5.87. The van der Waals surface area contributed by atoms with E-state index in [1.807, 2.05) is 6.92 Å². The van der Waals surface area contributed by atoms with Gasteiger partial charge in [-0.1, -0.05) is 13.3 Å². The highest BCUT2D eigenvalue weighted by Crippen LogP contribution is 2.11. The quantitative estimate of drug-likeness (QED) is 0.723. The Balaban J connectivity index is 2.47. The van der Waals surface area contributed by atoms with Gasteiger partial charge in [0.05, 0.1) is 12.3 Å². The van der Waals surface area contributed by atoms with Crippen molar-refractivity contribution in [2.45, 2.75) is 38.8 Å². The van der Waals surface area contributed by atoms with Crippen molar-refractivity contribution in [3.05, 3.63) is 24.2 Å². The molecule has 0 radical (unpaired) electrons. The number of aliphatic carboxylic acids is 1. The van der Waals surface area contributed by atoms with Crippen molar-refractivity contribution in [3.8, 4) is 0 Å². The second-order valence-electron chi connectivity index (χ2n) is 4.03. The second-order valence-corrected chi connectivity index (χ2v) is 4.03. The number of carbonyl (C=O) groups is 2. The lowest BCUT2D eigenvalue weighted by atomic mass is 10.2. The van der Waals surface area contributed by atoms with E-state index in [4.69, 9.17) is 9.52 Å². The Morgan fingerprint density at radius 3 is 2.67 bits per heavy atom. The highest BCUT2D eigenvalue weighted by atomic mass is 16.4. The van der Waals surface area contributed by atoms with Crippen LogP contribution in [0.1, 0.15) is 38.5 Å². The molecule has 1 rings (SSSR count). The molecule has 1 heterocycles. The number of carboxylic acids is 1. The first kappa shape index (κ1) is 14.1. The van der Waals surface area contributed by atoms with Gasteiger partial charge in [-0.25, -0.2) is 9.59 Å². The molecule has 0 saturated carbocycles. The molecule has 3 N–H and O–H groups in total. The van der Waals surface area contributed by atoms with Crippen molar-refractivity contribution < 1.29 is 19.1 Å². The van der Waals surface area contributed by atoms with E-state index in [-0.39, 0.29) is 6.04 Å². The first-order valence-corrected chi connectivity index (χ1v) is 5.87. The van der Waals surface area contributed by atoms with Gasteiger partial charge in [-0.2, -0.15) is 0 Å². The van der Waals surface area contributed by atoms with Crippen molar-refractivity contribution in [2.24, 2.45) is 0 Å². The molecule has 18 heavy (non-hydrogen) atoms. The van der Waals surface area contributed by atoms with Crippen LogP contribution in [-0.4, -0.2) is 23.1 Å². The molecule has 100 valence electrons. The van der Waals surface area contributed by atoms with Crippen molar-refractivity contribution in [1.29, 1.82) is 0 Å². The zero-order valence-electron chi connectivity index (χ0n) is 10.5. The van der Waals surface area contributed by atoms with E-state index < -0.39 is 18.0 Å². The molecule has 0 aliphatic rings. The maximum absolute atomic E-state index is 11.6. The number of carbonyl (C=O) groups excluding carboxylic acids is 1. The summed E-state index contributed by atoms with van der Waals surface area (Å²) in [6, 6.07) is 1.78. The summed E-state index contributed by atoms with van der Waals surface area (Å²) >= 11 is 0. The van der Waals surface area contributed by atoms with Gasteiger partial charge in [-0.3, -0.25) is 0 Å². The molecule has 6 nitrogen and oxygen atoms in total. The molecule has 0 aliphatic heterocycles. The minimum Gasteiger partial charge on any atom is -0.480 e. The number of hydrogen-bond donors (Lipinski definition) is 3. The van der Waals surface area contributed by atoms with Crippen molar-refractivity contribution >= 4 is 12.0 Å². The van der Waals surface area contributed by atoms with E-state index in [1.165, 1.54) is 6.26 Å². The van der Waals surface area contributed by atoms with Gasteiger partial charge in [0.2, 0.25) is 0 Å². The van der Waals surface area contributed by atoms with Crippen molar-refractivity contribution in [1.82, 2.24) is 10.6 Å². The van der Waals surface area contributed by atoms with Gasteiger partial charge in [0.1, 0.15) is 11.8 Å². The summed E-state index contributed by atoms with van der Waals surface area (Å²) in [5.41, 5.74) is 0. The molecular weight excluding hydrogens is 236 g/mol. The molecule has 0 spiro atoms. The number of hydrogen-bond acceptors (Lipinski definition) is 3. The zero-order valence-corrected chi connectivity index (χ0v) is 10.5. The monoisotopic (exact) mass is 254 g/mol. The van der Waals surface area contributed by atoms with Gasteiger partial charge in [-0.05, 0) is 25.5 Å². The third-order valence-corrected chi connectivity index (χ3v) is 2.50. The third-order valence-electron chi connectivity index (χ3n) is 2.50. The van der Waals surface area contributed by atoms with Gasteiger partial charge >= 0.3 is 12.0 Å². The van der Waals surface area contributed by atoms with Gasteiger partial charge < -0.3 is 20.2 Å². The Labute approximate surface area is 105 Å². The number of nitrogens with one attached hydrogen (secondary N) is 2. The summed E-state index contributed by atoms with van der Waals surface area (Å²) < 4.78 is 5.14. The largest absolute Gasteiger partial charge is 0.480 e. The van der Waals surface area contributed by atoms with Crippen LogP contribution in [0.4, 0.5) is 4.79 Å². The average Bonchev–Trinajstić information content (AvgIpc) is 2.81. The molecule has 1 aromatic rings. The number of furan rings is 1. The molecular formula is C12H18N2O4. The van der Waals surface area contributed by atoms with E-state index in [1.54, 1.807) is 19.1 Å². The molecule has 0 aliphatic carbocycles. The lowest BCUT2D eigenvalue weighted by Crippen LogP contribution is -2.46. The molecule has 0 bridgehead atoms. The van der Waals surface area contributed by atoms with E-state index in [0.29, 0.717) is 18.6 Å². The summed E-state index contributed by atoms with van der Waals surface area (Å²) in [5, 5.41) is 13.9. The van der Waals surface area contributed by atoms with Crippen LogP contribution < -0.4 is 10.6 Å². The Bertz CT molecular complexity index is 389. The van der Waals surface area contributed by atoms with Gasteiger partial charge in [0.15, 0.2) is 0 Å². The topological polar surface area (TPSA) is 91.6 Å². The Hall–Kier alpha value is -1.98. The SMILES string of the molecule is CCC[C@H](NC(=O)NC(C)c1ccco1)C(=O)O. The standard InChI is InChI=1S/C12H18N2O4/c1-3-5-9(11(15)16)14-12(17)13-8(2)10-6-4-7-18-10/h4,6-9H,3,5H2,1-2H3,(H,15,16)(H2,13,14,17)/t8?,9-/m0/s1. The fourth-order valence-corrected chi connectivity index (χ4v) is 1.55. The smallest absolute Gasteiger partial charge is 0.326 e. The van der Waals surface area contributed by atoms with Crippen LogP contribution >= 0.6 is 0 Å². The summed E-state index contributed by atoms with van der Waals surface area (Å²) in [6.45, 7) is 3.62. The fourth-order valence-electron chi connectivity index (χ4n) is 1.55. The molecule has 0 aromatic carbocycles. The van der Waals surface area contributed by atoms with Crippen LogP contribution in [0.25, 0.3) is 0 Å². The minimum absolute atomic E-state index is 0.309. The van der Waals surface area contributed by atoms with E-state index in [2.05, 4.69) is 10.6 Å². The van der Waals surface area contributed by atoms with Crippen LogP contribution in [0.5, 0.6) is 0 Å². The first-order chi connectivity index (χ1) is 8.54. The van der Waals surface area contributed by atoms with Gasteiger partial charge in [-0.15, -0.1) is 0 Å². The van der Waals surface area contributed by atoms with Crippen LogP contribution in [0.15, 0.2) is 22.8 Å². The second kappa shape index (κ2) is 6.68. The molecule has 1 aromatic heterocycles. The van der Waals surface area contributed by atoms with Crippen LogP contribution in [0.2, 0.25) is 0 Å². The minimum atomic E-state index is -1.03. The van der Waals surface area contributed by atoms with E-state index in [0.717, 1.165) is 0 Å². The highest BCUT2D eigenvalue weighted by molar-refractivity contribution is 5.82. The highest BCUT2D eigenvalue weighted by Gasteiger charge is 2.20. The van der Waals surface area contributed by atoms with Gasteiger partial charge in [0, 0.05) is 0 Å². The number of amides is 2. The predicted octanol–water partition coefficient (Wildman–Crippen LogP) is 1.89. The molecule has 0 saturated heterocycles. The third kappa shape index (κ3) is 4.12. The maximum atomic E-state index is 11.6. The Kier molecular flexibility index (Phi) is 5.23. The predicted molar refractivity (Wildman–Crippen MR) is 65.1 cm³/mol. The molecule has 2 atom stereocenters. The molecule has 1 unspecified atom stereocenters. The molecule has 2 amide bonds. The number of carboxylic acid groups (broad SMARTS) is 1. The number of urea groups is 1. The van der Waals surface area contributed by atoms with Crippen molar-refractivity contribution in [3.63, 3.8) is 0 Å². The molecule has 0 fully saturated rings. The summed E-state index contributed by atoms with van der Waals surface area (Å²) in [7, 11) is 0. The number of rotatable bonds is 6. The van der Waals surface area contributed by atoms with E-state index in [9.17, 15) is 9.59 Å². The Morgan fingerprint density at radius 1 is 1.44 bits per heavy atom. The zero-order chi connectivity index (χ0) is 13.5. The van der Waals surface area contributed by atoms with Crippen molar-refractivity contribution in [2.75, 3.05) is 0 Å². The lowest BCUT2D eigenvalue weighted by molar-refractivity contribution is -0.139. The maximum Gasteiger partial charge on any atom is 0.326 e. The van der Waals surface area contributed by atoms with Crippen LogP contribution in [0.3, 0.4) is 0 Å². The fraction of sp³-hybridized carbons (Fsp3) is 0.500. The van der Waals surface area contributed by atoms with Crippen LogP contribution in [0, 0.1) is 0 Å². The normalized spacial score (nSPS) is 13.7. The van der Waals surface area contributed by atoms with E-state index >= 15 is 0 Å². The van der Waals surface area contributed by atoms with Gasteiger partial charge in [0.25, 0.3) is 0 Å².